The zero-order chi connectivity index (χ0) is 11.5. The van der Waals surface area contributed by atoms with Gasteiger partial charge in [0.2, 0.25) is 0 Å². The van der Waals surface area contributed by atoms with Crippen molar-refractivity contribution in [1.82, 2.24) is 25.2 Å². The zero-order valence-electron chi connectivity index (χ0n) is 9.52. The van der Waals surface area contributed by atoms with Crippen LogP contribution in [0.15, 0.2) is 17.8 Å². The second-order valence-corrected chi connectivity index (χ2v) is 5.00. The third-order valence-corrected chi connectivity index (χ3v) is 3.68. The number of aromatic amines is 1. The molecule has 2 N–H and O–H groups in total. The van der Waals surface area contributed by atoms with Gasteiger partial charge >= 0.3 is 0 Å². The molecule has 2 aromatic heterocycles. The number of rotatable bonds is 3. The molecule has 0 radical (unpaired) electrons. The van der Waals surface area contributed by atoms with Gasteiger partial charge in [-0.2, -0.15) is 0 Å². The van der Waals surface area contributed by atoms with Gasteiger partial charge in [0.25, 0.3) is 0 Å². The molecule has 6 heteroatoms. The van der Waals surface area contributed by atoms with Gasteiger partial charge in [0, 0.05) is 37.8 Å². The van der Waals surface area contributed by atoms with Crippen LogP contribution in [0.3, 0.4) is 0 Å². The first-order valence-corrected chi connectivity index (χ1v) is 6.66. The van der Waals surface area contributed by atoms with Crippen molar-refractivity contribution in [3.05, 3.63) is 23.6 Å². The molecule has 0 saturated carbocycles. The van der Waals surface area contributed by atoms with E-state index >= 15 is 0 Å². The maximum Gasteiger partial charge on any atom is 0.141 e. The molecule has 1 aliphatic rings. The van der Waals surface area contributed by atoms with E-state index in [1.54, 1.807) is 11.3 Å². The molecule has 90 valence electrons. The van der Waals surface area contributed by atoms with Crippen LogP contribution in [0.5, 0.6) is 0 Å². The number of nitrogens with zero attached hydrogens (tertiary/aromatic N) is 3. The van der Waals surface area contributed by atoms with E-state index < -0.39 is 0 Å². The number of hydrogen-bond donors (Lipinski definition) is 2. The molecule has 1 fully saturated rings. The summed E-state index contributed by atoms with van der Waals surface area (Å²) < 4.78 is 0. The van der Waals surface area contributed by atoms with E-state index in [1.165, 1.54) is 0 Å². The molecule has 3 rings (SSSR count). The monoisotopic (exact) mass is 249 g/mol. The summed E-state index contributed by atoms with van der Waals surface area (Å²) in [4.78, 5) is 14.4. The van der Waals surface area contributed by atoms with Crippen molar-refractivity contribution < 1.29 is 0 Å². The number of thiazole rings is 1. The van der Waals surface area contributed by atoms with E-state index in [0.717, 1.165) is 49.2 Å². The van der Waals surface area contributed by atoms with E-state index in [9.17, 15) is 0 Å². The highest BCUT2D eigenvalue weighted by Crippen LogP contribution is 2.19. The molecular weight excluding hydrogens is 234 g/mol. The van der Waals surface area contributed by atoms with Crippen molar-refractivity contribution in [2.24, 2.45) is 0 Å². The maximum atomic E-state index is 4.42. The highest BCUT2D eigenvalue weighted by Gasteiger charge is 2.12. The lowest BCUT2D eigenvalue weighted by Crippen LogP contribution is -2.43. The Morgan fingerprint density at radius 2 is 2.18 bits per heavy atom. The molecule has 0 aliphatic carbocycles. The van der Waals surface area contributed by atoms with Gasteiger partial charge < -0.3 is 10.3 Å². The van der Waals surface area contributed by atoms with Crippen LogP contribution < -0.4 is 5.32 Å². The fourth-order valence-corrected chi connectivity index (χ4v) is 2.59. The zero-order valence-corrected chi connectivity index (χ0v) is 10.3. The number of H-pyrrole nitrogens is 1. The normalized spacial score (nSPS) is 17.4. The predicted octanol–water partition coefficient (Wildman–Crippen LogP) is 0.938. The lowest BCUT2D eigenvalue weighted by Gasteiger charge is -2.26. The van der Waals surface area contributed by atoms with Crippen molar-refractivity contribution in [2.75, 3.05) is 26.2 Å². The Morgan fingerprint density at radius 3 is 2.94 bits per heavy atom. The van der Waals surface area contributed by atoms with Gasteiger partial charge in [-0.1, -0.05) is 0 Å². The molecule has 0 atom stereocenters. The minimum absolute atomic E-state index is 0.896. The molecule has 1 aliphatic heterocycles. The Hall–Kier alpha value is -1.24. The molecule has 0 amide bonds. The largest absolute Gasteiger partial charge is 0.339 e. The highest BCUT2D eigenvalue weighted by atomic mass is 32.1. The number of aromatic nitrogens is 3. The summed E-state index contributed by atoms with van der Waals surface area (Å²) in [5.74, 6) is 1.03. The molecular formula is C11H15N5S. The molecule has 5 nitrogen and oxygen atoms in total. The molecule has 0 aromatic carbocycles. The van der Waals surface area contributed by atoms with Gasteiger partial charge in [0.05, 0.1) is 18.4 Å². The Kier molecular flexibility index (Phi) is 3.17. The topological polar surface area (TPSA) is 56.8 Å². The average molecular weight is 249 g/mol. The number of hydrogen-bond acceptors (Lipinski definition) is 5. The van der Waals surface area contributed by atoms with Crippen LogP contribution in [-0.4, -0.2) is 46.0 Å². The van der Waals surface area contributed by atoms with Crippen molar-refractivity contribution in [1.29, 1.82) is 0 Å². The minimum Gasteiger partial charge on any atom is -0.339 e. The fourth-order valence-electron chi connectivity index (χ4n) is 1.99. The van der Waals surface area contributed by atoms with Gasteiger partial charge in [-0.05, 0) is 0 Å². The summed E-state index contributed by atoms with van der Waals surface area (Å²) >= 11 is 1.63. The third-order valence-electron chi connectivity index (χ3n) is 2.87. The molecule has 1 saturated heterocycles. The first-order valence-electron chi connectivity index (χ1n) is 5.78. The van der Waals surface area contributed by atoms with Crippen LogP contribution in [0.25, 0.3) is 10.7 Å². The van der Waals surface area contributed by atoms with Crippen molar-refractivity contribution in [3.63, 3.8) is 0 Å². The fraction of sp³-hybridized carbons (Fsp3) is 0.455. The molecule has 0 bridgehead atoms. The summed E-state index contributed by atoms with van der Waals surface area (Å²) in [6.07, 6.45) is 3.69. The third kappa shape index (κ3) is 2.54. The summed E-state index contributed by atoms with van der Waals surface area (Å²) in [6, 6.07) is 0. The second kappa shape index (κ2) is 4.95. The van der Waals surface area contributed by atoms with Crippen LogP contribution >= 0.6 is 11.3 Å². The van der Waals surface area contributed by atoms with Gasteiger partial charge in [-0.3, -0.25) is 4.90 Å². The standard InChI is InChI=1S/C11H15N5S/c1-4-16(5-2-12-1)8-10-14-7-9(15-10)11-13-3-6-17-11/h3,6-7,12H,1-2,4-5,8H2,(H,14,15). The van der Waals surface area contributed by atoms with Gasteiger partial charge in [0.15, 0.2) is 0 Å². The summed E-state index contributed by atoms with van der Waals surface area (Å²) in [6.45, 7) is 5.22. The first kappa shape index (κ1) is 10.9. The Bertz CT molecular complexity index is 458. The Balaban J connectivity index is 1.68. The number of imidazole rings is 1. The lowest BCUT2D eigenvalue weighted by atomic mass is 10.3. The SMILES string of the molecule is c1csc(-c2cnc(CN3CCNCC3)[nH]2)n1. The van der Waals surface area contributed by atoms with Gasteiger partial charge in [-0.25, -0.2) is 9.97 Å². The molecule has 2 aromatic rings. The van der Waals surface area contributed by atoms with E-state index in [2.05, 4.69) is 25.2 Å². The van der Waals surface area contributed by atoms with Crippen molar-refractivity contribution in [3.8, 4) is 10.7 Å². The quantitative estimate of drug-likeness (QED) is 0.850. The number of nitrogens with one attached hydrogen (secondary N) is 2. The van der Waals surface area contributed by atoms with Crippen LogP contribution in [0.2, 0.25) is 0 Å². The number of piperazine rings is 1. The smallest absolute Gasteiger partial charge is 0.141 e. The van der Waals surface area contributed by atoms with Crippen molar-refractivity contribution in [2.45, 2.75) is 6.54 Å². The lowest BCUT2D eigenvalue weighted by molar-refractivity contribution is 0.228. The Morgan fingerprint density at radius 1 is 1.29 bits per heavy atom. The van der Waals surface area contributed by atoms with E-state index in [1.807, 2.05) is 17.8 Å². The van der Waals surface area contributed by atoms with Crippen LogP contribution in [-0.2, 0) is 6.54 Å². The Labute approximate surface area is 104 Å². The van der Waals surface area contributed by atoms with Crippen LogP contribution in [0, 0.1) is 0 Å². The highest BCUT2D eigenvalue weighted by molar-refractivity contribution is 7.13. The van der Waals surface area contributed by atoms with E-state index in [-0.39, 0.29) is 0 Å². The van der Waals surface area contributed by atoms with E-state index in [4.69, 9.17) is 0 Å². The minimum atomic E-state index is 0.896. The van der Waals surface area contributed by atoms with Crippen LogP contribution in [0.4, 0.5) is 0 Å². The molecule has 0 spiro atoms. The summed E-state index contributed by atoms with van der Waals surface area (Å²) in [5.41, 5.74) is 1.02. The summed E-state index contributed by atoms with van der Waals surface area (Å²) in [7, 11) is 0. The molecule has 3 heterocycles. The molecule has 17 heavy (non-hydrogen) atoms. The van der Waals surface area contributed by atoms with E-state index in [0.29, 0.717) is 0 Å². The van der Waals surface area contributed by atoms with Crippen molar-refractivity contribution >= 4 is 11.3 Å². The van der Waals surface area contributed by atoms with Gasteiger partial charge in [0.1, 0.15) is 10.8 Å². The second-order valence-electron chi connectivity index (χ2n) is 4.11. The van der Waals surface area contributed by atoms with Crippen LogP contribution in [0.1, 0.15) is 5.82 Å². The maximum absolute atomic E-state index is 4.42. The average Bonchev–Trinajstić information content (AvgIpc) is 3.00. The molecule has 0 unspecified atom stereocenters. The predicted molar refractivity (Wildman–Crippen MR) is 67.8 cm³/mol. The summed E-state index contributed by atoms with van der Waals surface area (Å²) in [5, 5.41) is 6.33. The first-order chi connectivity index (χ1) is 8.42. The van der Waals surface area contributed by atoms with Gasteiger partial charge in [-0.15, -0.1) is 11.3 Å².